The van der Waals surface area contributed by atoms with Crippen molar-refractivity contribution in [2.24, 2.45) is 0 Å². The van der Waals surface area contributed by atoms with Gasteiger partial charge in [0.15, 0.2) is 0 Å². The highest BCUT2D eigenvalue weighted by Gasteiger charge is 2.32. The molecule has 27 heavy (non-hydrogen) atoms. The van der Waals surface area contributed by atoms with Crippen molar-refractivity contribution in [3.63, 3.8) is 0 Å². The first-order chi connectivity index (χ1) is 12.9. The number of hydrogen-bond donors (Lipinski definition) is 0. The molecule has 0 saturated heterocycles. The Morgan fingerprint density at radius 1 is 1.11 bits per heavy atom. The predicted molar refractivity (Wildman–Crippen MR) is 90.0 cm³/mol. The SMILES string of the molecule is CCOC(=O)c1nc(-c2cccc(-c3ccccc3OC(F)(F)F)c2)co1. The van der Waals surface area contributed by atoms with Gasteiger partial charge in [0.25, 0.3) is 0 Å². The lowest BCUT2D eigenvalue weighted by atomic mass is 10.0. The van der Waals surface area contributed by atoms with Crippen LogP contribution < -0.4 is 4.74 Å². The number of para-hydroxylation sites is 1. The molecule has 2 aromatic carbocycles. The van der Waals surface area contributed by atoms with Crippen LogP contribution in [-0.4, -0.2) is 23.9 Å². The maximum Gasteiger partial charge on any atom is 0.573 e. The second-order valence-electron chi connectivity index (χ2n) is 5.38. The van der Waals surface area contributed by atoms with Gasteiger partial charge in [-0.2, -0.15) is 0 Å². The highest BCUT2D eigenvalue weighted by atomic mass is 19.4. The molecule has 1 heterocycles. The highest BCUT2D eigenvalue weighted by Crippen LogP contribution is 2.35. The molecule has 8 heteroatoms. The van der Waals surface area contributed by atoms with Gasteiger partial charge in [-0.15, -0.1) is 13.2 Å². The van der Waals surface area contributed by atoms with Gasteiger partial charge in [0.05, 0.1) is 6.61 Å². The lowest BCUT2D eigenvalue weighted by Crippen LogP contribution is -2.17. The fraction of sp³-hybridized carbons (Fsp3) is 0.158. The number of carbonyl (C=O) groups is 1. The molecule has 0 saturated carbocycles. The van der Waals surface area contributed by atoms with E-state index in [0.717, 1.165) is 0 Å². The molecule has 1 aromatic heterocycles. The summed E-state index contributed by atoms with van der Waals surface area (Å²) < 4.78 is 51.9. The van der Waals surface area contributed by atoms with Crippen molar-refractivity contribution in [1.82, 2.24) is 4.98 Å². The highest BCUT2D eigenvalue weighted by molar-refractivity contribution is 5.85. The molecule has 0 spiro atoms. The van der Waals surface area contributed by atoms with Crippen LogP contribution in [0.1, 0.15) is 17.6 Å². The first-order valence-corrected chi connectivity index (χ1v) is 7.95. The summed E-state index contributed by atoms with van der Waals surface area (Å²) in [7, 11) is 0. The monoisotopic (exact) mass is 377 g/mol. The molecular weight excluding hydrogens is 363 g/mol. The molecule has 140 valence electrons. The van der Waals surface area contributed by atoms with Gasteiger partial charge in [-0.05, 0) is 24.6 Å². The quantitative estimate of drug-likeness (QED) is 0.580. The molecule has 3 aromatic rings. The van der Waals surface area contributed by atoms with Crippen molar-refractivity contribution in [2.75, 3.05) is 6.61 Å². The van der Waals surface area contributed by atoms with E-state index in [1.165, 1.54) is 24.5 Å². The first kappa shape index (κ1) is 18.5. The topological polar surface area (TPSA) is 61.6 Å². The molecule has 0 radical (unpaired) electrons. The molecule has 0 aliphatic heterocycles. The van der Waals surface area contributed by atoms with E-state index in [4.69, 9.17) is 9.15 Å². The molecule has 0 amide bonds. The number of rotatable bonds is 5. The van der Waals surface area contributed by atoms with E-state index in [1.54, 1.807) is 37.3 Å². The molecule has 0 aliphatic carbocycles. The summed E-state index contributed by atoms with van der Waals surface area (Å²) in [6, 6.07) is 12.5. The minimum atomic E-state index is -4.80. The van der Waals surface area contributed by atoms with E-state index in [-0.39, 0.29) is 23.8 Å². The van der Waals surface area contributed by atoms with Crippen molar-refractivity contribution >= 4 is 5.97 Å². The number of nitrogens with zero attached hydrogens (tertiary/aromatic N) is 1. The molecule has 0 unspecified atom stereocenters. The van der Waals surface area contributed by atoms with Crippen molar-refractivity contribution in [1.29, 1.82) is 0 Å². The van der Waals surface area contributed by atoms with Crippen LogP contribution in [0.25, 0.3) is 22.4 Å². The van der Waals surface area contributed by atoms with E-state index in [0.29, 0.717) is 16.8 Å². The van der Waals surface area contributed by atoms with Gasteiger partial charge in [0.2, 0.25) is 0 Å². The third-order valence-electron chi connectivity index (χ3n) is 3.54. The Morgan fingerprint density at radius 2 is 1.85 bits per heavy atom. The first-order valence-electron chi connectivity index (χ1n) is 7.95. The zero-order chi connectivity index (χ0) is 19.4. The van der Waals surface area contributed by atoms with Gasteiger partial charge < -0.3 is 13.9 Å². The number of aromatic nitrogens is 1. The average molecular weight is 377 g/mol. The molecule has 3 rings (SSSR count). The third kappa shape index (κ3) is 4.46. The Kier molecular flexibility index (Phi) is 5.16. The normalized spacial score (nSPS) is 11.3. The molecule has 5 nitrogen and oxygen atoms in total. The van der Waals surface area contributed by atoms with Crippen molar-refractivity contribution in [3.8, 4) is 28.1 Å². The van der Waals surface area contributed by atoms with Crippen LogP contribution >= 0.6 is 0 Å². The molecule has 0 fully saturated rings. The number of hydrogen-bond acceptors (Lipinski definition) is 5. The van der Waals surface area contributed by atoms with Crippen molar-refractivity contribution in [2.45, 2.75) is 13.3 Å². The van der Waals surface area contributed by atoms with Gasteiger partial charge in [0.1, 0.15) is 17.7 Å². The molecule has 0 aliphatic rings. The van der Waals surface area contributed by atoms with Gasteiger partial charge >= 0.3 is 18.2 Å². The molecule has 0 atom stereocenters. The molecule has 0 bridgehead atoms. The van der Waals surface area contributed by atoms with E-state index < -0.39 is 12.3 Å². The molecular formula is C19H14F3NO4. The standard InChI is InChI=1S/C19H14F3NO4/c1-2-25-18(24)17-23-15(11-26-17)13-7-5-6-12(10-13)14-8-3-4-9-16(14)27-19(20,21)22/h3-11H,2H2,1H3. The summed E-state index contributed by atoms with van der Waals surface area (Å²) in [6.45, 7) is 1.84. The van der Waals surface area contributed by atoms with Gasteiger partial charge in [-0.1, -0.05) is 36.4 Å². The minimum Gasteiger partial charge on any atom is -0.459 e. The van der Waals surface area contributed by atoms with Gasteiger partial charge in [0, 0.05) is 11.1 Å². The number of esters is 1. The Bertz CT molecular complexity index is 950. The van der Waals surface area contributed by atoms with Crippen LogP contribution in [0.5, 0.6) is 5.75 Å². The number of halogens is 3. The Balaban J connectivity index is 1.95. The van der Waals surface area contributed by atoms with Crippen LogP contribution in [0.4, 0.5) is 13.2 Å². The van der Waals surface area contributed by atoms with E-state index in [9.17, 15) is 18.0 Å². The van der Waals surface area contributed by atoms with Crippen molar-refractivity contribution in [3.05, 3.63) is 60.7 Å². The summed E-state index contributed by atoms with van der Waals surface area (Å²) in [4.78, 5) is 15.7. The minimum absolute atomic E-state index is 0.183. The summed E-state index contributed by atoms with van der Waals surface area (Å²) in [5.74, 6) is -1.20. The summed E-state index contributed by atoms with van der Waals surface area (Å²) >= 11 is 0. The average Bonchev–Trinajstić information content (AvgIpc) is 3.11. The van der Waals surface area contributed by atoms with Crippen LogP contribution in [0, 0.1) is 0 Å². The maximum atomic E-state index is 12.6. The maximum absolute atomic E-state index is 12.6. The second kappa shape index (κ2) is 7.53. The summed E-state index contributed by atoms with van der Waals surface area (Å²) in [6.07, 6.45) is -3.52. The predicted octanol–water partition coefficient (Wildman–Crippen LogP) is 5.08. The van der Waals surface area contributed by atoms with Crippen LogP contribution in [0.2, 0.25) is 0 Å². The van der Waals surface area contributed by atoms with E-state index in [1.807, 2.05) is 0 Å². The number of oxazole rings is 1. The largest absolute Gasteiger partial charge is 0.573 e. The molecule has 0 N–H and O–H groups in total. The number of carbonyl (C=O) groups excluding carboxylic acids is 1. The Hall–Kier alpha value is -3.29. The van der Waals surface area contributed by atoms with Crippen LogP contribution in [-0.2, 0) is 4.74 Å². The zero-order valence-electron chi connectivity index (χ0n) is 14.1. The summed E-state index contributed by atoms with van der Waals surface area (Å²) in [5.41, 5.74) is 1.68. The van der Waals surface area contributed by atoms with Gasteiger partial charge in [-0.3, -0.25) is 0 Å². The Morgan fingerprint density at radius 3 is 2.59 bits per heavy atom. The summed E-state index contributed by atoms with van der Waals surface area (Å²) in [5, 5.41) is 0. The zero-order valence-corrected chi connectivity index (χ0v) is 14.1. The van der Waals surface area contributed by atoms with Crippen LogP contribution in [0.15, 0.2) is 59.2 Å². The fourth-order valence-corrected chi connectivity index (χ4v) is 2.46. The van der Waals surface area contributed by atoms with E-state index in [2.05, 4.69) is 9.72 Å². The fourth-order valence-electron chi connectivity index (χ4n) is 2.46. The smallest absolute Gasteiger partial charge is 0.459 e. The van der Waals surface area contributed by atoms with Crippen molar-refractivity contribution < 1.29 is 31.9 Å². The van der Waals surface area contributed by atoms with Crippen LogP contribution in [0.3, 0.4) is 0 Å². The second-order valence-corrected chi connectivity index (χ2v) is 5.38. The lowest BCUT2D eigenvalue weighted by Gasteiger charge is -2.13. The van der Waals surface area contributed by atoms with Gasteiger partial charge in [-0.25, -0.2) is 9.78 Å². The third-order valence-corrected chi connectivity index (χ3v) is 3.54. The Labute approximate surface area is 152 Å². The lowest BCUT2D eigenvalue weighted by molar-refractivity contribution is -0.274. The number of ether oxygens (including phenoxy) is 2. The number of benzene rings is 2. The number of alkyl halides is 3. The van der Waals surface area contributed by atoms with E-state index >= 15 is 0 Å².